The van der Waals surface area contributed by atoms with Crippen molar-refractivity contribution in [3.63, 3.8) is 0 Å². The molecule has 0 aliphatic rings. The van der Waals surface area contributed by atoms with Gasteiger partial charge in [0.05, 0.1) is 9.79 Å². The topological polar surface area (TPSA) is 109 Å². The summed E-state index contributed by atoms with van der Waals surface area (Å²) in [5, 5.41) is 0. The summed E-state index contributed by atoms with van der Waals surface area (Å²) in [4.78, 5) is -0.133. The molecular formula is C14H18Cl2O6S2. The van der Waals surface area contributed by atoms with Crippen LogP contribution in [0.3, 0.4) is 0 Å². The van der Waals surface area contributed by atoms with Gasteiger partial charge in [0.15, 0.2) is 0 Å². The average molecular weight is 417 g/mol. The molecule has 0 heterocycles. The molecule has 136 valence electrons. The normalized spacial score (nSPS) is 10.5. The minimum atomic E-state index is -4.02. The molecule has 0 atom stereocenters. The lowest BCUT2D eigenvalue weighted by Crippen LogP contribution is -1.96. The fourth-order valence-electron chi connectivity index (χ4n) is 1.42. The lowest BCUT2D eigenvalue weighted by atomic mass is 10.2. The summed E-state index contributed by atoms with van der Waals surface area (Å²) in [6.07, 6.45) is 0. The monoisotopic (exact) mass is 416 g/mol. The van der Waals surface area contributed by atoms with Crippen molar-refractivity contribution >= 4 is 45.1 Å². The largest absolute Gasteiger partial charge is 0.294 e. The van der Waals surface area contributed by atoms with E-state index >= 15 is 0 Å². The second-order valence-corrected chi connectivity index (χ2v) is 7.42. The Kier molecular flexibility index (Phi) is 10.4. The zero-order valence-electron chi connectivity index (χ0n) is 12.8. The van der Waals surface area contributed by atoms with Crippen LogP contribution in [0.4, 0.5) is 0 Å². The van der Waals surface area contributed by atoms with Gasteiger partial charge in [0, 0.05) is 0 Å². The summed E-state index contributed by atoms with van der Waals surface area (Å²) < 4.78 is 59.1. The summed E-state index contributed by atoms with van der Waals surface area (Å²) in [7, 11) is -8.04. The number of halogens is 2. The average Bonchev–Trinajstić information content (AvgIpc) is 2.38. The van der Waals surface area contributed by atoms with Crippen molar-refractivity contribution < 1.29 is 25.9 Å². The van der Waals surface area contributed by atoms with Crippen molar-refractivity contribution in [1.82, 2.24) is 0 Å². The molecule has 0 fully saturated rings. The lowest BCUT2D eigenvalue weighted by Gasteiger charge is -1.95. The molecule has 0 radical (unpaired) electrons. The van der Waals surface area contributed by atoms with Crippen LogP contribution in [0.15, 0.2) is 58.3 Å². The fourth-order valence-corrected chi connectivity index (χ4v) is 2.38. The van der Waals surface area contributed by atoms with E-state index in [9.17, 15) is 16.8 Å². The SMILES string of the molecule is Cc1ccc(S(=O)(=O)O)cc1.Cc1ccc(S(=O)(=O)O)cc1.Cl.Cl. The first-order valence-electron chi connectivity index (χ1n) is 6.08. The third-order valence-electron chi connectivity index (χ3n) is 2.64. The third kappa shape index (κ3) is 8.62. The van der Waals surface area contributed by atoms with E-state index in [1.54, 1.807) is 24.3 Å². The van der Waals surface area contributed by atoms with Gasteiger partial charge in [0.1, 0.15) is 0 Å². The third-order valence-corrected chi connectivity index (χ3v) is 4.37. The van der Waals surface area contributed by atoms with Gasteiger partial charge in [-0.05, 0) is 38.1 Å². The van der Waals surface area contributed by atoms with Gasteiger partial charge in [0.2, 0.25) is 0 Å². The van der Waals surface area contributed by atoms with E-state index in [1.165, 1.54) is 24.3 Å². The maximum atomic E-state index is 10.5. The van der Waals surface area contributed by atoms with Gasteiger partial charge >= 0.3 is 0 Å². The first-order chi connectivity index (χ1) is 10.00. The first-order valence-corrected chi connectivity index (χ1v) is 8.96. The molecule has 0 amide bonds. The Morgan fingerprint density at radius 3 is 0.958 bits per heavy atom. The van der Waals surface area contributed by atoms with E-state index in [-0.39, 0.29) is 34.6 Å². The molecule has 0 unspecified atom stereocenters. The van der Waals surface area contributed by atoms with Crippen LogP contribution in [0, 0.1) is 13.8 Å². The predicted octanol–water partition coefficient (Wildman–Crippen LogP) is 3.33. The summed E-state index contributed by atoms with van der Waals surface area (Å²) >= 11 is 0. The Bertz CT molecular complexity index is 756. The Morgan fingerprint density at radius 1 is 0.583 bits per heavy atom. The molecule has 24 heavy (non-hydrogen) atoms. The second-order valence-electron chi connectivity index (χ2n) is 4.58. The molecule has 0 spiro atoms. The Hall–Kier alpha value is -1.16. The van der Waals surface area contributed by atoms with Crippen LogP contribution in [0.5, 0.6) is 0 Å². The van der Waals surface area contributed by atoms with Crippen molar-refractivity contribution in [2.45, 2.75) is 23.6 Å². The van der Waals surface area contributed by atoms with Crippen LogP contribution in [-0.4, -0.2) is 25.9 Å². The van der Waals surface area contributed by atoms with Crippen molar-refractivity contribution in [3.05, 3.63) is 59.7 Å². The smallest absolute Gasteiger partial charge is 0.282 e. The van der Waals surface area contributed by atoms with Crippen LogP contribution in [0.2, 0.25) is 0 Å². The van der Waals surface area contributed by atoms with E-state index in [1.807, 2.05) is 13.8 Å². The molecule has 6 nitrogen and oxygen atoms in total. The van der Waals surface area contributed by atoms with Crippen LogP contribution >= 0.6 is 24.8 Å². The Labute approximate surface area is 154 Å². The molecule has 2 N–H and O–H groups in total. The molecule has 0 aliphatic carbocycles. The number of hydrogen-bond acceptors (Lipinski definition) is 4. The number of benzene rings is 2. The molecule has 0 aromatic heterocycles. The van der Waals surface area contributed by atoms with E-state index in [4.69, 9.17) is 9.11 Å². The minimum Gasteiger partial charge on any atom is -0.282 e. The minimum absolute atomic E-state index is 0. The predicted molar refractivity (Wildman–Crippen MR) is 96.5 cm³/mol. The molecule has 2 rings (SSSR count). The highest BCUT2D eigenvalue weighted by atomic mass is 35.5. The maximum Gasteiger partial charge on any atom is 0.294 e. The van der Waals surface area contributed by atoms with Crippen LogP contribution < -0.4 is 0 Å². The molecule has 10 heteroatoms. The summed E-state index contributed by atoms with van der Waals surface area (Å²) in [5.41, 5.74) is 1.91. The standard InChI is InChI=1S/2C7H8O3S.2ClH/c2*1-6-2-4-7(5-3-6)11(8,9)10;;/h2*2-5H,1H3,(H,8,9,10);2*1H. The van der Waals surface area contributed by atoms with Gasteiger partial charge in [-0.15, -0.1) is 24.8 Å². The van der Waals surface area contributed by atoms with Gasteiger partial charge in [-0.1, -0.05) is 35.4 Å². The van der Waals surface area contributed by atoms with Gasteiger partial charge in [0.25, 0.3) is 20.2 Å². The maximum absolute atomic E-state index is 10.5. The highest BCUT2D eigenvalue weighted by Crippen LogP contribution is 2.09. The van der Waals surface area contributed by atoms with Crippen LogP contribution in [0.25, 0.3) is 0 Å². The second kappa shape index (κ2) is 9.97. The summed E-state index contributed by atoms with van der Waals surface area (Å²) in [6, 6.07) is 12.0. The molecule has 0 aliphatic heterocycles. The van der Waals surface area contributed by atoms with E-state index in [2.05, 4.69) is 0 Å². The highest BCUT2D eigenvalue weighted by Gasteiger charge is 2.07. The molecule has 0 saturated carbocycles. The van der Waals surface area contributed by atoms with Gasteiger partial charge < -0.3 is 0 Å². The van der Waals surface area contributed by atoms with Crippen LogP contribution in [-0.2, 0) is 20.2 Å². The molecule has 0 saturated heterocycles. The van der Waals surface area contributed by atoms with Crippen molar-refractivity contribution in [2.75, 3.05) is 0 Å². The van der Waals surface area contributed by atoms with Crippen molar-refractivity contribution in [3.8, 4) is 0 Å². The lowest BCUT2D eigenvalue weighted by molar-refractivity contribution is 0.481. The number of aryl methyl sites for hydroxylation is 2. The summed E-state index contributed by atoms with van der Waals surface area (Å²) in [5.74, 6) is 0. The van der Waals surface area contributed by atoms with Gasteiger partial charge in [-0.2, -0.15) is 16.8 Å². The Morgan fingerprint density at radius 2 is 0.792 bits per heavy atom. The van der Waals surface area contributed by atoms with Crippen molar-refractivity contribution in [1.29, 1.82) is 0 Å². The number of hydrogen-bond donors (Lipinski definition) is 2. The van der Waals surface area contributed by atoms with E-state index in [0.717, 1.165) is 11.1 Å². The van der Waals surface area contributed by atoms with Gasteiger partial charge in [-0.3, -0.25) is 9.11 Å². The molecular weight excluding hydrogens is 399 g/mol. The van der Waals surface area contributed by atoms with Gasteiger partial charge in [-0.25, -0.2) is 0 Å². The molecule has 2 aromatic carbocycles. The quantitative estimate of drug-likeness (QED) is 0.726. The number of rotatable bonds is 2. The van der Waals surface area contributed by atoms with Crippen LogP contribution in [0.1, 0.15) is 11.1 Å². The van der Waals surface area contributed by atoms with E-state index in [0.29, 0.717) is 0 Å². The summed E-state index contributed by atoms with van der Waals surface area (Å²) in [6.45, 7) is 3.68. The zero-order chi connectivity index (χ0) is 17.0. The van der Waals surface area contributed by atoms with Crippen molar-refractivity contribution in [2.24, 2.45) is 0 Å². The molecule has 2 aromatic rings. The fraction of sp³-hybridized carbons (Fsp3) is 0.143. The first kappa shape index (κ1) is 25.1. The Balaban J connectivity index is 0. The molecule has 0 bridgehead atoms. The van der Waals surface area contributed by atoms with E-state index < -0.39 is 20.2 Å². The highest BCUT2D eigenvalue weighted by molar-refractivity contribution is 7.86. The zero-order valence-corrected chi connectivity index (χ0v) is 16.0.